The van der Waals surface area contributed by atoms with E-state index in [2.05, 4.69) is 42.7 Å². The van der Waals surface area contributed by atoms with Gasteiger partial charge in [0.25, 0.3) is 0 Å². The molecule has 276 valence electrons. The van der Waals surface area contributed by atoms with Crippen LogP contribution >= 0.6 is 7.82 Å². The highest BCUT2D eigenvalue weighted by molar-refractivity contribution is 7.46. The van der Waals surface area contributed by atoms with Crippen LogP contribution in [0.15, 0.2) is 60.8 Å². The van der Waals surface area contributed by atoms with Crippen molar-refractivity contribution in [3.63, 3.8) is 0 Å². The van der Waals surface area contributed by atoms with Gasteiger partial charge in [0.1, 0.15) is 6.61 Å². The number of carbonyl (C=O) groups is 2. The zero-order valence-corrected chi connectivity index (χ0v) is 31.0. The second kappa shape index (κ2) is 34.6. The highest BCUT2D eigenvalue weighted by atomic mass is 31.2. The zero-order chi connectivity index (χ0) is 35.4. The Morgan fingerprint density at radius 1 is 0.562 bits per heavy atom. The van der Waals surface area contributed by atoms with Crippen molar-refractivity contribution in [3.05, 3.63) is 60.8 Å². The number of rotatable bonds is 33. The maximum atomic E-state index is 12.3. The summed E-state index contributed by atoms with van der Waals surface area (Å²) in [7, 11) is -4.76. The molecule has 0 aromatic heterocycles. The zero-order valence-electron chi connectivity index (χ0n) is 30.1. The van der Waals surface area contributed by atoms with E-state index in [4.69, 9.17) is 19.3 Å². The molecule has 0 spiro atoms. The Morgan fingerprint density at radius 2 is 1.02 bits per heavy atom. The Balaban J connectivity index is 4.06. The van der Waals surface area contributed by atoms with Gasteiger partial charge in [0.15, 0.2) is 6.10 Å². The summed E-state index contributed by atoms with van der Waals surface area (Å²) in [5, 5.41) is 0. The molecule has 0 aromatic carbocycles. The van der Waals surface area contributed by atoms with Gasteiger partial charge in [0, 0.05) is 12.8 Å². The third kappa shape index (κ3) is 36.6. The molecule has 48 heavy (non-hydrogen) atoms. The van der Waals surface area contributed by atoms with Crippen molar-refractivity contribution >= 4 is 19.8 Å². The van der Waals surface area contributed by atoms with E-state index in [1.165, 1.54) is 57.8 Å². The molecule has 0 aliphatic rings. The van der Waals surface area contributed by atoms with Crippen molar-refractivity contribution in [2.24, 2.45) is 0 Å². The number of unbranched alkanes of at least 4 members (excludes halogenated alkanes) is 16. The maximum absolute atomic E-state index is 12.3. The number of esters is 2. The second-order valence-corrected chi connectivity index (χ2v) is 13.5. The minimum absolute atomic E-state index is 0.179. The lowest BCUT2D eigenvalue weighted by molar-refractivity contribution is -0.161. The van der Waals surface area contributed by atoms with Gasteiger partial charge in [-0.3, -0.25) is 14.1 Å². The molecule has 0 unspecified atom stereocenters. The van der Waals surface area contributed by atoms with E-state index in [0.717, 1.165) is 57.8 Å². The lowest BCUT2D eigenvalue weighted by atomic mass is 10.1. The third-order valence-corrected chi connectivity index (χ3v) is 8.10. The van der Waals surface area contributed by atoms with Crippen molar-refractivity contribution in [2.45, 2.75) is 161 Å². The third-order valence-electron chi connectivity index (χ3n) is 7.61. The Bertz CT molecular complexity index is 963. The number of allylic oxidation sites excluding steroid dienone is 10. The highest BCUT2D eigenvalue weighted by Gasteiger charge is 2.22. The summed E-state index contributed by atoms with van der Waals surface area (Å²) in [6.45, 7) is 3.49. The largest absolute Gasteiger partial charge is 0.469 e. The van der Waals surface area contributed by atoms with Gasteiger partial charge < -0.3 is 19.3 Å². The van der Waals surface area contributed by atoms with Gasteiger partial charge in [0.2, 0.25) is 0 Å². The first-order valence-electron chi connectivity index (χ1n) is 18.6. The van der Waals surface area contributed by atoms with Crippen molar-refractivity contribution in [1.29, 1.82) is 0 Å². The van der Waals surface area contributed by atoms with E-state index in [9.17, 15) is 14.2 Å². The highest BCUT2D eigenvalue weighted by Crippen LogP contribution is 2.36. The molecule has 1 atom stereocenters. The predicted octanol–water partition coefficient (Wildman–Crippen LogP) is 11.0. The van der Waals surface area contributed by atoms with Crippen LogP contribution in [0.5, 0.6) is 0 Å². The lowest BCUT2D eigenvalue weighted by Gasteiger charge is -2.18. The molecule has 0 aromatic rings. The fourth-order valence-corrected chi connectivity index (χ4v) is 5.21. The second-order valence-electron chi connectivity index (χ2n) is 12.3. The number of hydrogen-bond acceptors (Lipinski definition) is 6. The fourth-order valence-electron chi connectivity index (χ4n) is 4.85. The molecule has 9 heteroatoms. The first-order chi connectivity index (χ1) is 23.3. The molecule has 0 saturated heterocycles. The minimum atomic E-state index is -4.76. The fraction of sp³-hybridized carbons (Fsp3) is 0.692. The van der Waals surface area contributed by atoms with Gasteiger partial charge in [-0.05, 0) is 57.8 Å². The molecule has 0 fully saturated rings. The summed E-state index contributed by atoms with van der Waals surface area (Å²) in [5.41, 5.74) is 0. The average Bonchev–Trinajstić information content (AvgIpc) is 3.05. The van der Waals surface area contributed by atoms with Crippen LogP contribution in [-0.2, 0) is 28.2 Å². The number of carbonyl (C=O) groups excluding carboxylic acids is 2. The van der Waals surface area contributed by atoms with Crippen LogP contribution in [-0.4, -0.2) is 41.0 Å². The van der Waals surface area contributed by atoms with Gasteiger partial charge in [-0.1, -0.05) is 145 Å². The molecule has 0 rings (SSSR count). The molecule has 0 bridgehead atoms. The van der Waals surface area contributed by atoms with E-state index in [1.807, 2.05) is 36.5 Å². The molecular weight excluding hydrogens is 627 g/mol. The van der Waals surface area contributed by atoms with Crippen molar-refractivity contribution in [2.75, 3.05) is 13.2 Å². The first kappa shape index (κ1) is 45.8. The van der Waals surface area contributed by atoms with Crippen LogP contribution in [0.2, 0.25) is 0 Å². The topological polar surface area (TPSA) is 119 Å². The van der Waals surface area contributed by atoms with Gasteiger partial charge in [0.05, 0.1) is 6.61 Å². The summed E-state index contributed by atoms with van der Waals surface area (Å²) in [6.07, 6.45) is 42.3. The normalized spacial score (nSPS) is 13.2. The number of hydrogen-bond donors (Lipinski definition) is 2. The van der Waals surface area contributed by atoms with Crippen molar-refractivity contribution < 1.29 is 37.9 Å². The number of ether oxygens (including phenoxy) is 2. The summed E-state index contributed by atoms with van der Waals surface area (Å²) >= 11 is 0. The Hall–Kier alpha value is -2.25. The quantitative estimate of drug-likeness (QED) is 0.0229. The predicted molar refractivity (Wildman–Crippen MR) is 197 cm³/mol. The van der Waals surface area contributed by atoms with Gasteiger partial charge in [-0.25, -0.2) is 4.57 Å². The average molecular weight is 695 g/mol. The molecule has 0 aliphatic heterocycles. The smallest absolute Gasteiger partial charge is 0.462 e. The van der Waals surface area contributed by atoms with Gasteiger partial charge in [-0.2, -0.15) is 0 Å². The summed E-state index contributed by atoms with van der Waals surface area (Å²) in [4.78, 5) is 42.7. The Labute approximate surface area is 292 Å². The molecule has 0 aliphatic carbocycles. The van der Waals surface area contributed by atoms with Crippen LogP contribution < -0.4 is 0 Å². The van der Waals surface area contributed by atoms with E-state index < -0.39 is 32.5 Å². The van der Waals surface area contributed by atoms with Crippen LogP contribution in [0, 0.1) is 0 Å². The summed E-state index contributed by atoms with van der Waals surface area (Å²) in [6, 6.07) is 0. The van der Waals surface area contributed by atoms with E-state index >= 15 is 0 Å². The Kier molecular flexibility index (Phi) is 33.0. The van der Waals surface area contributed by atoms with Crippen molar-refractivity contribution in [1.82, 2.24) is 0 Å². The van der Waals surface area contributed by atoms with E-state index in [0.29, 0.717) is 12.8 Å². The van der Waals surface area contributed by atoms with E-state index in [-0.39, 0.29) is 19.4 Å². The standard InChI is InChI=1S/C39H67O8P/c1-3-5-7-9-11-13-15-17-19-21-23-25-27-29-31-33-38(40)45-35-37(36-46-48(42,43)44)47-39(41)34-32-30-28-26-24-22-20-18-16-14-12-10-8-6-4-2/h6,8,10,12,14,16,18,20,23,25,37H,3-5,7,9,11,13,15,17,19,21-22,24,26-36H2,1-2H3,(H2,42,43,44)/b8-6+,12-10+,16-14+,20-18+,25-23+/t37-/m1/s1. The minimum Gasteiger partial charge on any atom is -0.462 e. The summed E-state index contributed by atoms with van der Waals surface area (Å²) < 4.78 is 26.3. The van der Waals surface area contributed by atoms with Crippen LogP contribution in [0.3, 0.4) is 0 Å². The van der Waals surface area contributed by atoms with Crippen LogP contribution in [0.1, 0.15) is 155 Å². The molecule has 0 amide bonds. The maximum Gasteiger partial charge on any atom is 0.469 e. The van der Waals surface area contributed by atoms with Gasteiger partial charge in [-0.15, -0.1) is 0 Å². The monoisotopic (exact) mass is 694 g/mol. The molecule has 2 N–H and O–H groups in total. The molecule has 0 radical (unpaired) electrons. The molecule has 0 saturated carbocycles. The number of phosphoric acid groups is 1. The van der Waals surface area contributed by atoms with Crippen molar-refractivity contribution in [3.8, 4) is 0 Å². The molecule has 0 heterocycles. The van der Waals surface area contributed by atoms with Crippen LogP contribution in [0.4, 0.5) is 0 Å². The Morgan fingerprint density at radius 3 is 1.60 bits per heavy atom. The SMILES string of the molecule is CC/C=C/C=C/C=C/C=C/CCCCCCCC(=O)O[C@H](COC(=O)CCCC/C=C/CCCCCCCCCCC)COP(=O)(O)O. The van der Waals surface area contributed by atoms with E-state index in [1.54, 1.807) is 0 Å². The first-order valence-corrected chi connectivity index (χ1v) is 20.2. The lowest BCUT2D eigenvalue weighted by Crippen LogP contribution is -2.29. The van der Waals surface area contributed by atoms with Crippen LogP contribution in [0.25, 0.3) is 0 Å². The molecular formula is C39H67O8P. The summed E-state index contributed by atoms with van der Waals surface area (Å²) in [5.74, 6) is -0.943. The van der Waals surface area contributed by atoms with Gasteiger partial charge >= 0.3 is 19.8 Å². The number of phosphoric ester groups is 1. The molecule has 8 nitrogen and oxygen atoms in total.